The van der Waals surface area contributed by atoms with Crippen molar-refractivity contribution in [2.45, 2.75) is 71.6 Å². The fourth-order valence-electron chi connectivity index (χ4n) is 2.48. The molecule has 0 fully saturated rings. The maximum atomic E-state index is 12.9. The summed E-state index contributed by atoms with van der Waals surface area (Å²) in [6.07, 6.45) is 3.04. The Morgan fingerprint density at radius 1 is 0.931 bits per heavy atom. The SMILES string of the molecule is CCC(C)C(NC(=O)C(N)CCSC)C(=O)NC(C(=O)NC(C)C(=O)O)C(C)C. The molecule has 9 nitrogen and oxygen atoms in total. The van der Waals surface area contributed by atoms with E-state index in [9.17, 15) is 19.2 Å². The van der Waals surface area contributed by atoms with Gasteiger partial charge in [-0.3, -0.25) is 19.2 Å². The number of hydrogen-bond acceptors (Lipinski definition) is 6. The van der Waals surface area contributed by atoms with Gasteiger partial charge in [-0.1, -0.05) is 34.1 Å². The highest BCUT2D eigenvalue weighted by Gasteiger charge is 2.32. The van der Waals surface area contributed by atoms with Gasteiger partial charge in [-0.2, -0.15) is 11.8 Å². The van der Waals surface area contributed by atoms with E-state index in [4.69, 9.17) is 10.8 Å². The lowest BCUT2D eigenvalue weighted by Gasteiger charge is -2.29. The van der Waals surface area contributed by atoms with Gasteiger partial charge < -0.3 is 26.8 Å². The van der Waals surface area contributed by atoms with Crippen LogP contribution in [0, 0.1) is 11.8 Å². The van der Waals surface area contributed by atoms with E-state index >= 15 is 0 Å². The van der Waals surface area contributed by atoms with Crippen molar-refractivity contribution in [1.82, 2.24) is 16.0 Å². The monoisotopic (exact) mass is 432 g/mol. The number of nitrogens with one attached hydrogen (secondary N) is 3. The normalized spacial score (nSPS) is 16.3. The average Bonchev–Trinajstić information content (AvgIpc) is 2.66. The summed E-state index contributed by atoms with van der Waals surface area (Å²) >= 11 is 1.58. The average molecular weight is 433 g/mol. The minimum Gasteiger partial charge on any atom is -0.480 e. The van der Waals surface area contributed by atoms with E-state index in [-0.39, 0.29) is 11.8 Å². The predicted octanol–water partition coefficient (Wildman–Crippen LogP) is 0.328. The second-order valence-electron chi connectivity index (χ2n) is 7.56. The smallest absolute Gasteiger partial charge is 0.325 e. The molecule has 5 unspecified atom stereocenters. The highest BCUT2D eigenvalue weighted by Crippen LogP contribution is 2.11. The van der Waals surface area contributed by atoms with Gasteiger partial charge in [-0.15, -0.1) is 0 Å². The molecule has 0 radical (unpaired) electrons. The van der Waals surface area contributed by atoms with Gasteiger partial charge in [0.25, 0.3) is 0 Å². The Labute approximate surface area is 177 Å². The minimum absolute atomic E-state index is 0.180. The van der Waals surface area contributed by atoms with Crippen LogP contribution >= 0.6 is 11.8 Å². The van der Waals surface area contributed by atoms with E-state index in [2.05, 4.69) is 16.0 Å². The highest BCUT2D eigenvalue weighted by atomic mass is 32.2. The zero-order valence-electron chi connectivity index (χ0n) is 18.2. The number of thioether (sulfide) groups is 1. The topological polar surface area (TPSA) is 151 Å². The van der Waals surface area contributed by atoms with Gasteiger partial charge in [0.2, 0.25) is 17.7 Å². The summed E-state index contributed by atoms with van der Waals surface area (Å²) in [7, 11) is 0. The van der Waals surface area contributed by atoms with Crippen LogP contribution in [-0.4, -0.2) is 65.0 Å². The predicted molar refractivity (Wildman–Crippen MR) is 114 cm³/mol. The zero-order valence-corrected chi connectivity index (χ0v) is 19.0. The number of nitrogens with two attached hydrogens (primary N) is 1. The van der Waals surface area contributed by atoms with Crippen LogP contribution in [0.3, 0.4) is 0 Å². The molecule has 0 bridgehead atoms. The van der Waals surface area contributed by atoms with E-state index in [1.165, 1.54) is 6.92 Å². The largest absolute Gasteiger partial charge is 0.480 e. The Bertz CT molecular complexity index is 573. The van der Waals surface area contributed by atoms with Crippen LogP contribution in [-0.2, 0) is 19.2 Å². The summed E-state index contributed by atoms with van der Waals surface area (Å²) in [6.45, 7) is 8.55. The van der Waals surface area contributed by atoms with Gasteiger partial charge in [0.1, 0.15) is 18.1 Å². The van der Waals surface area contributed by atoms with Crippen LogP contribution in [0.1, 0.15) is 47.5 Å². The zero-order chi connectivity index (χ0) is 22.7. The molecule has 0 aromatic carbocycles. The molecule has 29 heavy (non-hydrogen) atoms. The molecule has 0 aliphatic rings. The van der Waals surface area contributed by atoms with Crippen LogP contribution in [0.15, 0.2) is 0 Å². The molecule has 3 amide bonds. The van der Waals surface area contributed by atoms with Crippen molar-refractivity contribution in [2.75, 3.05) is 12.0 Å². The third kappa shape index (κ3) is 9.49. The van der Waals surface area contributed by atoms with Crippen molar-refractivity contribution < 1.29 is 24.3 Å². The lowest BCUT2D eigenvalue weighted by Crippen LogP contribution is -2.59. The Morgan fingerprint density at radius 3 is 1.90 bits per heavy atom. The van der Waals surface area contributed by atoms with Crippen LogP contribution in [0.5, 0.6) is 0 Å². The first-order valence-electron chi connectivity index (χ1n) is 9.84. The number of carboxylic acids is 1. The van der Waals surface area contributed by atoms with Gasteiger partial charge in [-0.05, 0) is 37.2 Å². The first-order chi connectivity index (χ1) is 13.5. The maximum Gasteiger partial charge on any atom is 0.325 e. The molecule has 0 aliphatic heterocycles. The Kier molecular flexibility index (Phi) is 12.6. The van der Waals surface area contributed by atoms with Crippen LogP contribution < -0.4 is 21.7 Å². The van der Waals surface area contributed by atoms with E-state index in [1.54, 1.807) is 25.6 Å². The molecule has 0 heterocycles. The van der Waals surface area contributed by atoms with E-state index in [0.717, 1.165) is 5.75 Å². The molecular weight excluding hydrogens is 396 g/mol. The summed E-state index contributed by atoms with van der Waals surface area (Å²) in [6, 6.07) is -3.58. The third-order valence-corrected chi connectivity index (χ3v) is 5.38. The quantitative estimate of drug-likeness (QED) is 0.281. The lowest BCUT2D eigenvalue weighted by molar-refractivity contribution is -0.142. The molecule has 6 N–H and O–H groups in total. The Morgan fingerprint density at radius 2 is 1.45 bits per heavy atom. The van der Waals surface area contributed by atoms with Gasteiger partial charge >= 0.3 is 5.97 Å². The molecule has 0 spiro atoms. The van der Waals surface area contributed by atoms with Gasteiger partial charge in [0.05, 0.1) is 6.04 Å². The van der Waals surface area contributed by atoms with E-state index < -0.39 is 47.9 Å². The van der Waals surface area contributed by atoms with Crippen molar-refractivity contribution >= 4 is 35.5 Å². The maximum absolute atomic E-state index is 12.9. The van der Waals surface area contributed by atoms with Gasteiger partial charge in [0.15, 0.2) is 0 Å². The summed E-state index contributed by atoms with van der Waals surface area (Å²) in [5.41, 5.74) is 5.90. The number of amides is 3. The minimum atomic E-state index is -1.17. The van der Waals surface area contributed by atoms with Crippen molar-refractivity contribution in [3.63, 3.8) is 0 Å². The first-order valence-corrected chi connectivity index (χ1v) is 11.2. The molecule has 0 saturated heterocycles. The Balaban J connectivity index is 5.28. The van der Waals surface area contributed by atoms with Crippen LogP contribution in [0.25, 0.3) is 0 Å². The molecule has 0 rings (SSSR count). The molecule has 5 atom stereocenters. The van der Waals surface area contributed by atoms with Crippen molar-refractivity contribution in [3.05, 3.63) is 0 Å². The first kappa shape index (κ1) is 27.2. The van der Waals surface area contributed by atoms with E-state index in [1.807, 2.05) is 20.1 Å². The summed E-state index contributed by atoms with van der Waals surface area (Å²) in [4.78, 5) is 48.7. The summed E-state index contributed by atoms with van der Waals surface area (Å²) < 4.78 is 0. The number of carbonyl (C=O) groups is 4. The fraction of sp³-hybridized carbons (Fsp3) is 0.789. The molecule has 0 aromatic heterocycles. The van der Waals surface area contributed by atoms with Gasteiger partial charge in [0, 0.05) is 0 Å². The second kappa shape index (κ2) is 13.4. The lowest BCUT2D eigenvalue weighted by atomic mass is 9.96. The second-order valence-corrected chi connectivity index (χ2v) is 8.54. The standard InChI is InChI=1S/C19H36N4O5S/c1-7-11(4)15(23-16(24)13(20)8-9-29-6)18(26)22-14(10(2)3)17(25)21-12(5)19(27)28/h10-15H,7-9,20H2,1-6H3,(H,21,25)(H,22,26)(H,23,24)(H,27,28). The Hall–Kier alpha value is -1.81. The number of carboxylic acid groups (broad SMARTS) is 1. The van der Waals surface area contributed by atoms with Crippen molar-refractivity contribution in [2.24, 2.45) is 17.6 Å². The number of hydrogen-bond donors (Lipinski definition) is 5. The third-order valence-electron chi connectivity index (χ3n) is 4.74. The van der Waals surface area contributed by atoms with Crippen molar-refractivity contribution in [3.8, 4) is 0 Å². The molecular formula is C19H36N4O5S. The molecule has 0 aliphatic carbocycles. The van der Waals surface area contributed by atoms with Crippen LogP contribution in [0.2, 0.25) is 0 Å². The molecule has 168 valence electrons. The molecule has 0 aromatic rings. The highest BCUT2D eigenvalue weighted by molar-refractivity contribution is 7.98. The number of aliphatic carboxylic acids is 1. The van der Waals surface area contributed by atoms with Gasteiger partial charge in [-0.25, -0.2) is 0 Å². The molecule has 0 saturated carbocycles. The number of rotatable bonds is 13. The van der Waals surface area contributed by atoms with Crippen molar-refractivity contribution in [1.29, 1.82) is 0 Å². The fourth-order valence-corrected chi connectivity index (χ4v) is 2.97. The summed E-state index contributed by atoms with van der Waals surface area (Å²) in [5.74, 6) is -2.40. The van der Waals surface area contributed by atoms with Crippen LogP contribution in [0.4, 0.5) is 0 Å². The number of carbonyl (C=O) groups excluding carboxylic acids is 3. The molecule has 10 heteroatoms. The summed E-state index contributed by atoms with van der Waals surface area (Å²) in [5, 5.41) is 16.7. The van der Waals surface area contributed by atoms with E-state index in [0.29, 0.717) is 12.8 Å².